The van der Waals surface area contributed by atoms with Crippen molar-refractivity contribution in [2.24, 2.45) is 0 Å². The molecule has 78 valence electrons. The molecule has 4 heteroatoms. The Morgan fingerprint density at radius 3 is 2.71 bits per heavy atom. The summed E-state index contributed by atoms with van der Waals surface area (Å²) in [6.45, 7) is 5.70. The van der Waals surface area contributed by atoms with Crippen molar-refractivity contribution < 1.29 is 9.53 Å². The van der Waals surface area contributed by atoms with Gasteiger partial charge in [-0.15, -0.1) is 11.3 Å². The summed E-state index contributed by atoms with van der Waals surface area (Å²) >= 11 is 1.59. The van der Waals surface area contributed by atoms with Crippen LogP contribution in [0.5, 0.6) is 0 Å². The largest absolute Gasteiger partial charge is 0.468 e. The van der Waals surface area contributed by atoms with Gasteiger partial charge in [0.15, 0.2) is 0 Å². The molecule has 1 heterocycles. The van der Waals surface area contributed by atoms with Gasteiger partial charge in [-0.25, -0.2) is 4.98 Å². The quantitative estimate of drug-likeness (QED) is 0.722. The fraction of sp³-hybridized carbons (Fsp3) is 0.600. The number of rotatable bonds is 3. The predicted octanol–water partition coefficient (Wildman–Crippen LogP) is 2.16. The molecule has 0 saturated heterocycles. The highest BCUT2D eigenvalue weighted by molar-refractivity contribution is 7.09. The molecule has 0 amide bonds. The average molecular weight is 213 g/mol. The smallest absolute Gasteiger partial charge is 0.317 e. The number of esters is 1. The van der Waals surface area contributed by atoms with Gasteiger partial charge in [0.05, 0.1) is 17.8 Å². The fourth-order valence-corrected chi connectivity index (χ4v) is 2.03. The second kappa shape index (κ2) is 4.09. The molecule has 0 aliphatic heterocycles. The fourth-order valence-electron chi connectivity index (χ4n) is 1.12. The van der Waals surface area contributed by atoms with E-state index in [9.17, 15) is 4.79 Å². The van der Waals surface area contributed by atoms with E-state index in [-0.39, 0.29) is 5.97 Å². The molecule has 0 bridgehead atoms. The highest BCUT2D eigenvalue weighted by Crippen LogP contribution is 2.26. The van der Waals surface area contributed by atoms with Gasteiger partial charge in [-0.2, -0.15) is 0 Å². The first-order valence-corrected chi connectivity index (χ1v) is 5.43. The lowest BCUT2D eigenvalue weighted by molar-refractivity contribution is -0.146. The summed E-state index contributed by atoms with van der Waals surface area (Å²) in [5.74, 6) is -0.245. The molecule has 0 aliphatic rings. The molecule has 0 fully saturated rings. The number of hydrogen-bond donors (Lipinski definition) is 0. The molecule has 1 rings (SSSR count). The van der Waals surface area contributed by atoms with Gasteiger partial charge in [0.2, 0.25) is 0 Å². The number of carbonyl (C=O) groups is 1. The van der Waals surface area contributed by atoms with Crippen LogP contribution in [0.25, 0.3) is 0 Å². The lowest BCUT2D eigenvalue weighted by atomic mass is 9.90. The van der Waals surface area contributed by atoms with Crippen LogP contribution in [0.3, 0.4) is 0 Å². The van der Waals surface area contributed by atoms with Crippen LogP contribution in [0.2, 0.25) is 0 Å². The lowest BCUT2D eigenvalue weighted by Gasteiger charge is -2.18. The van der Waals surface area contributed by atoms with E-state index < -0.39 is 5.41 Å². The van der Waals surface area contributed by atoms with E-state index in [0.29, 0.717) is 0 Å². The zero-order valence-corrected chi connectivity index (χ0v) is 9.77. The van der Waals surface area contributed by atoms with Crippen molar-refractivity contribution in [3.63, 3.8) is 0 Å². The van der Waals surface area contributed by atoms with Crippen LogP contribution in [0, 0.1) is 0 Å². The van der Waals surface area contributed by atoms with Crippen molar-refractivity contribution in [2.45, 2.75) is 32.6 Å². The van der Waals surface area contributed by atoms with E-state index in [1.54, 1.807) is 11.3 Å². The Hall–Kier alpha value is -0.900. The predicted molar refractivity (Wildman–Crippen MR) is 56.5 cm³/mol. The number of nitrogens with zero attached hydrogens (tertiary/aromatic N) is 1. The van der Waals surface area contributed by atoms with Crippen LogP contribution in [-0.4, -0.2) is 18.1 Å². The molecule has 0 saturated carbocycles. The van der Waals surface area contributed by atoms with Gasteiger partial charge in [0.1, 0.15) is 5.41 Å². The molecular formula is C10H15NO2S. The standard InChI is InChI=1S/C10H15NO2S/c1-5-8-11-7(6-14-8)10(2,3)9(12)13-4/h6H,5H2,1-4H3. The lowest BCUT2D eigenvalue weighted by Crippen LogP contribution is -2.30. The van der Waals surface area contributed by atoms with E-state index in [1.807, 2.05) is 26.2 Å². The minimum absolute atomic E-state index is 0.245. The van der Waals surface area contributed by atoms with Gasteiger partial charge < -0.3 is 4.74 Å². The van der Waals surface area contributed by atoms with Gasteiger partial charge in [0.25, 0.3) is 0 Å². The minimum atomic E-state index is -0.640. The zero-order chi connectivity index (χ0) is 10.8. The Balaban J connectivity index is 2.97. The van der Waals surface area contributed by atoms with Crippen molar-refractivity contribution in [3.05, 3.63) is 16.1 Å². The number of methoxy groups -OCH3 is 1. The van der Waals surface area contributed by atoms with Gasteiger partial charge in [-0.05, 0) is 20.3 Å². The third-order valence-electron chi connectivity index (χ3n) is 2.19. The van der Waals surface area contributed by atoms with Gasteiger partial charge in [-0.1, -0.05) is 6.92 Å². The van der Waals surface area contributed by atoms with E-state index in [1.165, 1.54) is 7.11 Å². The molecule has 14 heavy (non-hydrogen) atoms. The Morgan fingerprint density at radius 2 is 2.29 bits per heavy atom. The van der Waals surface area contributed by atoms with E-state index in [2.05, 4.69) is 4.98 Å². The maximum Gasteiger partial charge on any atom is 0.317 e. The van der Waals surface area contributed by atoms with Crippen molar-refractivity contribution in [1.82, 2.24) is 4.98 Å². The van der Waals surface area contributed by atoms with Crippen molar-refractivity contribution in [3.8, 4) is 0 Å². The Bertz CT molecular complexity index is 331. The SMILES string of the molecule is CCc1nc(C(C)(C)C(=O)OC)cs1. The summed E-state index contributed by atoms with van der Waals surface area (Å²) in [4.78, 5) is 15.9. The summed E-state index contributed by atoms with van der Waals surface area (Å²) in [6, 6.07) is 0. The van der Waals surface area contributed by atoms with Crippen LogP contribution in [0.4, 0.5) is 0 Å². The van der Waals surface area contributed by atoms with Crippen molar-refractivity contribution in [1.29, 1.82) is 0 Å². The zero-order valence-electron chi connectivity index (χ0n) is 8.96. The minimum Gasteiger partial charge on any atom is -0.468 e. The second-order valence-corrected chi connectivity index (χ2v) is 4.54. The molecule has 3 nitrogen and oxygen atoms in total. The van der Waals surface area contributed by atoms with Crippen LogP contribution in [-0.2, 0) is 21.4 Å². The molecular weight excluding hydrogens is 198 g/mol. The molecule has 0 atom stereocenters. The van der Waals surface area contributed by atoms with Crippen LogP contribution < -0.4 is 0 Å². The van der Waals surface area contributed by atoms with E-state index in [4.69, 9.17) is 4.74 Å². The maximum absolute atomic E-state index is 11.5. The monoisotopic (exact) mass is 213 g/mol. The average Bonchev–Trinajstić information content (AvgIpc) is 2.65. The summed E-state index contributed by atoms with van der Waals surface area (Å²) < 4.78 is 4.74. The number of hydrogen-bond acceptors (Lipinski definition) is 4. The van der Waals surface area contributed by atoms with Gasteiger partial charge in [0, 0.05) is 5.38 Å². The molecule has 0 radical (unpaired) electrons. The van der Waals surface area contributed by atoms with Crippen LogP contribution in [0.1, 0.15) is 31.5 Å². The Morgan fingerprint density at radius 1 is 1.64 bits per heavy atom. The van der Waals surface area contributed by atoms with E-state index in [0.717, 1.165) is 17.1 Å². The third kappa shape index (κ3) is 1.95. The number of ether oxygens (including phenoxy) is 1. The number of aromatic nitrogens is 1. The first-order chi connectivity index (χ1) is 6.52. The molecule has 0 N–H and O–H groups in total. The molecule has 1 aromatic rings. The normalized spacial score (nSPS) is 11.4. The third-order valence-corrected chi connectivity index (χ3v) is 3.18. The first kappa shape index (κ1) is 11.2. The first-order valence-electron chi connectivity index (χ1n) is 4.55. The molecule has 1 aromatic heterocycles. The highest BCUT2D eigenvalue weighted by Gasteiger charge is 2.33. The molecule has 0 unspecified atom stereocenters. The second-order valence-electron chi connectivity index (χ2n) is 3.60. The summed E-state index contributed by atoms with van der Waals surface area (Å²) in [7, 11) is 1.40. The van der Waals surface area contributed by atoms with E-state index >= 15 is 0 Å². The van der Waals surface area contributed by atoms with Gasteiger partial charge in [-0.3, -0.25) is 4.79 Å². The summed E-state index contributed by atoms with van der Waals surface area (Å²) in [6.07, 6.45) is 0.905. The number of aryl methyl sites for hydroxylation is 1. The van der Waals surface area contributed by atoms with Crippen LogP contribution in [0.15, 0.2) is 5.38 Å². The Kier molecular flexibility index (Phi) is 3.26. The van der Waals surface area contributed by atoms with Crippen molar-refractivity contribution >= 4 is 17.3 Å². The van der Waals surface area contributed by atoms with Gasteiger partial charge >= 0.3 is 5.97 Å². The number of thiazole rings is 1. The van der Waals surface area contributed by atoms with Crippen molar-refractivity contribution in [2.75, 3.05) is 7.11 Å². The number of carbonyl (C=O) groups excluding carboxylic acids is 1. The molecule has 0 aromatic carbocycles. The summed E-state index contributed by atoms with van der Waals surface area (Å²) in [5, 5.41) is 2.98. The summed E-state index contributed by atoms with van der Waals surface area (Å²) in [5.41, 5.74) is 0.157. The topological polar surface area (TPSA) is 39.2 Å². The Labute approximate surface area is 88.1 Å². The molecule has 0 aliphatic carbocycles. The highest BCUT2D eigenvalue weighted by atomic mass is 32.1. The van der Waals surface area contributed by atoms with Crippen LogP contribution >= 0.6 is 11.3 Å². The molecule has 0 spiro atoms. The maximum atomic E-state index is 11.5.